The zero-order chi connectivity index (χ0) is 14.3. The van der Waals surface area contributed by atoms with Crippen LogP contribution in [-0.2, 0) is 4.74 Å². The van der Waals surface area contributed by atoms with Crippen molar-refractivity contribution in [1.29, 1.82) is 0 Å². The molecule has 1 heterocycles. The first kappa shape index (κ1) is 15.4. The number of hydrogen-bond acceptors (Lipinski definition) is 5. The van der Waals surface area contributed by atoms with E-state index in [1.807, 2.05) is 20.8 Å². The molecule has 0 saturated heterocycles. The van der Waals surface area contributed by atoms with E-state index in [1.54, 1.807) is 13.3 Å². The molecular weight excluding hydrogens is 244 g/mol. The number of ether oxygens (including phenoxy) is 1. The summed E-state index contributed by atoms with van der Waals surface area (Å²) in [6.07, 6.45) is 1.66. The van der Waals surface area contributed by atoms with Crippen LogP contribution in [0.3, 0.4) is 0 Å². The quantitative estimate of drug-likeness (QED) is 0.730. The number of nitrogens with one attached hydrogen (secondary N) is 2. The van der Waals surface area contributed by atoms with Gasteiger partial charge in [0.15, 0.2) is 5.69 Å². The second-order valence-electron chi connectivity index (χ2n) is 4.42. The Hall–Kier alpha value is -1.69. The fourth-order valence-corrected chi connectivity index (χ4v) is 1.52. The van der Waals surface area contributed by atoms with Crippen LogP contribution in [0, 0.1) is 0 Å². The fraction of sp³-hybridized carbons (Fsp3) is 0.615. The number of carbonyl (C=O) groups excluding carboxylic acids is 1. The molecule has 6 heteroatoms. The number of amides is 1. The molecule has 0 saturated carbocycles. The Kier molecular flexibility index (Phi) is 6.21. The van der Waals surface area contributed by atoms with Gasteiger partial charge in [0.05, 0.1) is 18.5 Å². The Morgan fingerprint density at radius 1 is 1.47 bits per heavy atom. The maximum Gasteiger partial charge on any atom is 0.272 e. The highest BCUT2D eigenvalue weighted by molar-refractivity contribution is 5.97. The van der Waals surface area contributed by atoms with Crippen LogP contribution in [0.2, 0.25) is 0 Å². The minimum atomic E-state index is -0.211. The van der Waals surface area contributed by atoms with Gasteiger partial charge in [-0.2, -0.15) is 0 Å². The Morgan fingerprint density at radius 3 is 2.79 bits per heavy atom. The molecule has 0 radical (unpaired) electrons. The summed E-state index contributed by atoms with van der Waals surface area (Å²) in [5.41, 5.74) is 1.04. The van der Waals surface area contributed by atoms with Crippen molar-refractivity contribution in [2.45, 2.75) is 26.7 Å². The van der Waals surface area contributed by atoms with Crippen molar-refractivity contribution in [2.24, 2.45) is 0 Å². The third kappa shape index (κ3) is 4.48. The molecule has 6 nitrogen and oxygen atoms in total. The third-order valence-corrected chi connectivity index (χ3v) is 2.50. The Morgan fingerprint density at radius 2 is 2.21 bits per heavy atom. The van der Waals surface area contributed by atoms with E-state index in [9.17, 15) is 4.79 Å². The number of rotatable bonds is 7. The summed E-state index contributed by atoms with van der Waals surface area (Å²) in [7, 11) is 1.60. The second kappa shape index (κ2) is 7.68. The summed E-state index contributed by atoms with van der Waals surface area (Å²) in [5, 5.41) is 5.87. The van der Waals surface area contributed by atoms with Crippen molar-refractivity contribution in [2.75, 3.05) is 32.1 Å². The predicted octanol–water partition coefficient (Wildman–Crippen LogP) is 1.41. The molecule has 1 aromatic heterocycles. The normalized spacial score (nSPS) is 10.6. The van der Waals surface area contributed by atoms with Crippen molar-refractivity contribution in [3.05, 3.63) is 17.7 Å². The molecule has 0 fully saturated rings. The van der Waals surface area contributed by atoms with Crippen LogP contribution in [0.5, 0.6) is 0 Å². The lowest BCUT2D eigenvalue weighted by atomic mass is 10.2. The maximum atomic E-state index is 12.1. The minimum Gasteiger partial charge on any atom is -0.383 e. The van der Waals surface area contributed by atoms with Crippen LogP contribution in [0.15, 0.2) is 6.20 Å². The lowest BCUT2D eigenvalue weighted by molar-refractivity contribution is 0.0932. The van der Waals surface area contributed by atoms with Gasteiger partial charge in [0.1, 0.15) is 5.82 Å². The average molecular weight is 266 g/mol. The molecule has 19 heavy (non-hydrogen) atoms. The number of carbonyl (C=O) groups is 1. The van der Waals surface area contributed by atoms with Gasteiger partial charge in [-0.3, -0.25) is 4.79 Å². The molecule has 0 aromatic carbocycles. The molecule has 0 unspecified atom stereocenters. The number of methoxy groups -OCH3 is 1. The molecule has 0 atom stereocenters. The van der Waals surface area contributed by atoms with E-state index in [-0.39, 0.29) is 11.8 Å². The summed E-state index contributed by atoms with van der Waals surface area (Å²) in [6.45, 7) is 7.60. The SMILES string of the molecule is CCNc1cnc(C(C)C)nc1C(=O)NCCOC. The van der Waals surface area contributed by atoms with Gasteiger partial charge >= 0.3 is 0 Å². The highest BCUT2D eigenvalue weighted by atomic mass is 16.5. The minimum absolute atomic E-state index is 0.182. The Balaban J connectivity index is 2.92. The van der Waals surface area contributed by atoms with Gasteiger partial charge in [-0.25, -0.2) is 9.97 Å². The van der Waals surface area contributed by atoms with Gasteiger partial charge < -0.3 is 15.4 Å². The van der Waals surface area contributed by atoms with Crippen molar-refractivity contribution in [3.8, 4) is 0 Å². The zero-order valence-electron chi connectivity index (χ0n) is 12.0. The van der Waals surface area contributed by atoms with Crippen LogP contribution in [0.25, 0.3) is 0 Å². The smallest absolute Gasteiger partial charge is 0.272 e. The van der Waals surface area contributed by atoms with Gasteiger partial charge in [-0.1, -0.05) is 13.8 Å². The topological polar surface area (TPSA) is 76.1 Å². The molecule has 0 aliphatic rings. The number of aromatic nitrogens is 2. The Labute approximate surface area is 114 Å². The van der Waals surface area contributed by atoms with E-state index >= 15 is 0 Å². The standard InChI is InChI=1S/C13H22N4O2/c1-5-14-10-8-16-12(9(2)3)17-11(10)13(18)15-6-7-19-4/h8-9,14H,5-7H2,1-4H3,(H,15,18). The van der Waals surface area contributed by atoms with Crippen LogP contribution in [0.1, 0.15) is 43.0 Å². The molecule has 1 amide bonds. The molecule has 0 aliphatic heterocycles. The van der Waals surface area contributed by atoms with E-state index in [2.05, 4.69) is 20.6 Å². The molecule has 0 aliphatic carbocycles. The van der Waals surface area contributed by atoms with E-state index in [1.165, 1.54) is 0 Å². The fourth-order valence-electron chi connectivity index (χ4n) is 1.52. The lowest BCUT2D eigenvalue weighted by Crippen LogP contribution is -2.29. The summed E-state index contributed by atoms with van der Waals surface area (Å²) >= 11 is 0. The molecule has 1 aromatic rings. The van der Waals surface area contributed by atoms with Gasteiger partial charge in [0.25, 0.3) is 5.91 Å². The van der Waals surface area contributed by atoms with Gasteiger partial charge in [-0.15, -0.1) is 0 Å². The highest BCUT2D eigenvalue weighted by Crippen LogP contribution is 2.16. The predicted molar refractivity (Wildman–Crippen MR) is 74.5 cm³/mol. The summed E-state index contributed by atoms with van der Waals surface area (Å²) in [6, 6.07) is 0. The third-order valence-electron chi connectivity index (χ3n) is 2.50. The van der Waals surface area contributed by atoms with Crippen LogP contribution >= 0.6 is 0 Å². The van der Waals surface area contributed by atoms with E-state index in [0.29, 0.717) is 36.9 Å². The van der Waals surface area contributed by atoms with E-state index in [4.69, 9.17) is 4.74 Å². The molecule has 0 spiro atoms. The molecule has 2 N–H and O–H groups in total. The summed E-state index contributed by atoms with van der Waals surface area (Å²) < 4.78 is 4.90. The summed E-state index contributed by atoms with van der Waals surface area (Å²) in [5.74, 6) is 0.636. The number of nitrogens with zero attached hydrogens (tertiary/aromatic N) is 2. The highest BCUT2D eigenvalue weighted by Gasteiger charge is 2.15. The van der Waals surface area contributed by atoms with Crippen molar-refractivity contribution >= 4 is 11.6 Å². The Bertz CT molecular complexity index is 421. The van der Waals surface area contributed by atoms with Crippen molar-refractivity contribution < 1.29 is 9.53 Å². The molecule has 1 rings (SSSR count). The first-order chi connectivity index (χ1) is 9.10. The first-order valence-corrected chi connectivity index (χ1v) is 6.48. The summed E-state index contributed by atoms with van der Waals surface area (Å²) in [4.78, 5) is 20.7. The van der Waals surface area contributed by atoms with Crippen molar-refractivity contribution in [3.63, 3.8) is 0 Å². The monoisotopic (exact) mass is 266 g/mol. The van der Waals surface area contributed by atoms with Crippen LogP contribution in [-0.4, -0.2) is 42.7 Å². The zero-order valence-corrected chi connectivity index (χ0v) is 12.0. The van der Waals surface area contributed by atoms with E-state index < -0.39 is 0 Å². The largest absolute Gasteiger partial charge is 0.383 e. The lowest BCUT2D eigenvalue weighted by Gasteiger charge is -2.12. The van der Waals surface area contributed by atoms with Gasteiger partial charge in [0.2, 0.25) is 0 Å². The molecule has 106 valence electrons. The first-order valence-electron chi connectivity index (χ1n) is 6.48. The molecular formula is C13H22N4O2. The van der Waals surface area contributed by atoms with Crippen LogP contribution < -0.4 is 10.6 Å². The van der Waals surface area contributed by atoms with Gasteiger partial charge in [0, 0.05) is 26.1 Å². The van der Waals surface area contributed by atoms with Gasteiger partial charge in [-0.05, 0) is 6.92 Å². The van der Waals surface area contributed by atoms with Crippen molar-refractivity contribution in [1.82, 2.24) is 15.3 Å². The average Bonchev–Trinajstić information content (AvgIpc) is 2.39. The number of anilines is 1. The second-order valence-corrected chi connectivity index (χ2v) is 4.42. The van der Waals surface area contributed by atoms with Crippen LogP contribution in [0.4, 0.5) is 5.69 Å². The molecule has 0 bridgehead atoms. The number of hydrogen-bond donors (Lipinski definition) is 2. The van der Waals surface area contributed by atoms with E-state index in [0.717, 1.165) is 0 Å². The maximum absolute atomic E-state index is 12.1.